The molecule has 3 heterocycles. The Morgan fingerprint density at radius 3 is 2.96 bits per heavy atom. The van der Waals surface area contributed by atoms with E-state index in [1.54, 1.807) is 6.26 Å². The summed E-state index contributed by atoms with van der Waals surface area (Å²) in [6, 6.07) is 9.97. The van der Waals surface area contributed by atoms with E-state index in [2.05, 4.69) is 45.3 Å². The van der Waals surface area contributed by atoms with Crippen LogP contribution in [-0.2, 0) is 17.9 Å². The lowest BCUT2D eigenvalue weighted by atomic mass is 9.96. The molecular formula is C20H24N4O2. The molecule has 0 saturated carbocycles. The highest BCUT2D eigenvalue weighted by Gasteiger charge is 2.25. The van der Waals surface area contributed by atoms with Gasteiger partial charge in [-0.3, -0.25) is 9.69 Å². The Balaban J connectivity index is 1.28. The highest BCUT2D eigenvalue weighted by molar-refractivity contribution is 5.78. The van der Waals surface area contributed by atoms with E-state index in [1.165, 1.54) is 5.56 Å². The first kappa shape index (κ1) is 16.8. The number of aromatic amines is 1. The molecule has 0 aliphatic carbocycles. The molecule has 1 fully saturated rings. The van der Waals surface area contributed by atoms with Gasteiger partial charge < -0.3 is 14.7 Å². The summed E-state index contributed by atoms with van der Waals surface area (Å²) in [7, 11) is 0. The standard InChI is InChI=1S/C20H24N4O2/c1-14-4-5-17-18(11-14)23-19(22-17)13-24-8-6-15(7-9-24)20(25)21-12-16-3-2-10-26-16/h2-5,10-11,15H,6-9,12-13H2,1H3,(H,21,25)(H,22,23). The molecule has 1 aromatic carbocycles. The maximum Gasteiger partial charge on any atom is 0.223 e. The molecule has 136 valence electrons. The van der Waals surface area contributed by atoms with Gasteiger partial charge in [0.05, 0.1) is 30.4 Å². The molecule has 26 heavy (non-hydrogen) atoms. The SMILES string of the molecule is Cc1ccc2nc(CN3CCC(C(=O)NCc4ccco4)CC3)[nH]c2c1. The van der Waals surface area contributed by atoms with E-state index in [1.807, 2.05) is 12.1 Å². The number of nitrogens with one attached hydrogen (secondary N) is 2. The molecule has 1 aliphatic heterocycles. The van der Waals surface area contributed by atoms with Crippen LogP contribution in [-0.4, -0.2) is 33.9 Å². The van der Waals surface area contributed by atoms with Crippen molar-refractivity contribution in [3.05, 3.63) is 53.7 Å². The number of benzene rings is 1. The molecule has 0 bridgehead atoms. The Morgan fingerprint density at radius 2 is 2.19 bits per heavy atom. The van der Waals surface area contributed by atoms with E-state index >= 15 is 0 Å². The highest BCUT2D eigenvalue weighted by Crippen LogP contribution is 2.20. The Morgan fingerprint density at radius 1 is 1.35 bits per heavy atom. The fourth-order valence-corrected chi connectivity index (χ4v) is 3.55. The molecule has 1 aliphatic rings. The Hall–Kier alpha value is -2.60. The van der Waals surface area contributed by atoms with Gasteiger partial charge in [0.1, 0.15) is 11.6 Å². The first-order chi connectivity index (χ1) is 12.7. The molecule has 1 amide bonds. The quantitative estimate of drug-likeness (QED) is 0.740. The number of hydrogen-bond acceptors (Lipinski definition) is 4. The largest absolute Gasteiger partial charge is 0.467 e. The van der Waals surface area contributed by atoms with Gasteiger partial charge in [-0.2, -0.15) is 0 Å². The summed E-state index contributed by atoms with van der Waals surface area (Å²) in [5.41, 5.74) is 3.33. The van der Waals surface area contributed by atoms with Gasteiger partial charge in [-0.25, -0.2) is 4.98 Å². The number of furan rings is 1. The van der Waals surface area contributed by atoms with Crippen molar-refractivity contribution in [2.45, 2.75) is 32.9 Å². The molecular weight excluding hydrogens is 328 g/mol. The van der Waals surface area contributed by atoms with Crippen molar-refractivity contribution in [1.29, 1.82) is 0 Å². The molecule has 2 N–H and O–H groups in total. The second-order valence-electron chi connectivity index (χ2n) is 7.05. The number of amides is 1. The number of likely N-dealkylation sites (tertiary alicyclic amines) is 1. The van der Waals surface area contributed by atoms with Crippen LogP contribution in [0, 0.1) is 12.8 Å². The maximum absolute atomic E-state index is 12.3. The molecule has 2 aromatic heterocycles. The molecule has 0 unspecified atom stereocenters. The van der Waals surface area contributed by atoms with Gasteiger partial charge in [-0.1, -0.05) is 6.07 Å². The average Bonchev–Trinajstić information content (AvgIpc) is 3.29. The lowest BCUT2D eigenvalue weighted by Gasteiger charge is -2.30. The smallest absolute Gasteiger partial charge is 0.223 e. The van der Waals surface area contributed by atoms with Gasteiger partial charge in [0.15, 0.2) is 0 Å². The van der Waals surface area contributed by atoms with Crippen molar-refractivity contribution >= 4 is 16.9 Å². The zero-order chi connectivity index (χ0) is 17.9. The third-order valence-corrected chi connectivity index (χ3v) is 5.04. The van der Waals surface area contributed by atoms with Crippen molar-refractivity contribution < 1.29 is 9.21 Å². The number of hydrogen-bond donors (Lipinski definition) is 2. The van der Waals surface area contributed by atoms with E-state index in [9.17, 15) is 4.79 Å². The molecule has 1 saturated heterocycles. The average molecular weight is 352 g/mol. The second-order valence-corrected chi connectivity index (χ2v) is 7.05. The third-order valence-electron chi connectivity index (χ3n) is 5.04. The van der Waals surface area contributed by atoms with E-state index in [0.717, 1.165) is 55.1 Å². The minimum Gasteiger partial charge on any atom is -0.467 e. The predicted octanol–water partition coefficient (Wildman–Crippen LogP) is 2.99. The third kappa shape index (κ3) is 3.80. The summed E-state index contributed by atoms with van der Waals surface area (Å²) in [4.78, 5) is 22.8. The zero-order valence-electron chi connectivity index (χ0n) is 15.0. The number of H-pyrrole nitrogens is 1. The van der Waals surface area contributed by atoms with E-state index < -0.39 is 0 Å². The number of carbonyl (C=O) groups is 1. The first-order valence-electron chi connectivity index (χ1n) is 9.15. The van der Waals surface area contributed by atoms with Crippen LogP contribution in [0.5, 0.6) is 0 Å². The summed E-state index contributed by atoms with van der Waals surface area (Å²) >= 11 is 0. The number of aryl methyl sites for hydroxylation is 1. The summed E-state index contributed by atoms with van der Waals surface area (Å²) < 4.78 is 5.25. The minimum absolute atomic E-state index is 0.0829. The maximum atomic E-state index is 12.3. The van der Waals surface area contributed by atoms with E-state index in [0.29, 0.717) is 6.54 Å². The molecule has 3 aromatic rings. The van der Waals surface area contributed by atoms with Gasteiger partial charge in [0.25, 0.3) is 0 Å². The fourth-order valence-electron chi connectivity index (χ4n) is 3.55. The molecule has 0 atom stereocenters. The highest BCUT2D eigenvalue weighted by atomic mass is 16.3. The van der Waals surface area contributed by atoms with Crippen molar-refractivity contribution in [3.63, 3.8) is 0 Å². The molecule has 6 nitrogen and oxygen atoms in total. The monoisotopic (exact) mass is 352 g/mol. The number of aromatic nitrogens is 2. The number of rotatable bonds is 5. The van der Waals surface area contributed by atoms with Crippen LogP contribution in [0.2, 0.25) is 0 Å². The van der Waals surface area contributed by atoms with Gasteiger partial charge in [-0.05, 0) is 62.7 Å². The predicted molar refractivity (Wildman–Crippen MR) is 99.4 cm³/mol. The number of carbonyl (C=O) groups excluding carboxylic acids is 1. The number of nitrogens with zero attached hydrogens (tertiary/aromatic N) is 2. The van der Waals surface area contributed by atoms with Gasteiger partial charge in [0.2, 0.25) is 5.91 Å². The molecule has 4 rings (SSSR count). The van der Waals surface area contributed by atoms with Crippen molar-refractivity contribution in [2.24, 2.45) is 5.92 Å². The van der Waals surface area contributed by atoms with Crippen LogP contribution in [0.3, 0.4) is 0 Å². The Kier molecular flexibility index (Phi) is 4.75. The van der Waals surface area contributed by atoms with Crippen molar-refractivity contribution in [3.8, 4) is 0 Å². The van der Waals surface area contributed by atoms with Crippen LogP contribution in [0.25, 0.3) is 11.0 Å². The lowest BCUT2D eigenvalue weighted by Crippen LogP contribution is -2.40. The second kappa shape index (κ2) is 7.33. The van der Waals surface area contributed by atoms with Crippen molar-refractivity contribution in [2.75, 3.05) is 13.1 Å². The van der Waals surface area contributed by atoms with Crippen molar-refractivity contribution in [1.82, 2.24) is 20.2 Å². The normalized spacial score (nSPS) is 16.2. The molecule has 0 radical (unpaired) electrons. The molecule has 6 heteroatoms. The van der Waals surface area contributed by atoms with Gasteiger partial charge in [0, 0.05) is 5.92 Å². The van der Waals surface area contributed by atoms with Crippen LogP contribution < -0.4 is 5.32 Å². The number of piperidine rings is 1. The van der Waals surface area contributed by atoms with Crippen LogP contribution in [0.4, 0.5) is 0 Å². The number of imidazole rings is 1. The number of fused-ring (bicyclic) bond motifs is 1. The van der Waals surface area contributed by atoms with Gasteiger partial charge >= 0.3 is 0 Å². The summed E-state index contributed by atoms with van der Waals surface area (Å²) in [5, 5.41) is 2.97. The van der Waals surface area contributed by atoms with Crippen LogP contribution in [0.1, 0.15) is 30.0 Å². The zero-order valence-corrected chi connectivity index (χ0v) is 15.0. The van der Waals surface area contributed by atoms with E-state index in [-0.39, 0.29) is 11.8 Å². The van der Waals surface area contributed by atoms with Crippen LogP contribution in [0.15, 0.2) is 41.0 Å². The first-order valence-corrected chi connectivity index (χ1v) is 9.15. The Bertz CT molecular complexity index is 876. The van der Waals surface area contributed by atoms with Crippen LogP contribution >= 0.6 is 0 Å². The summed E-state index contributed by atoms with van der Waals surface area (Å²) in [6.07, 6.45) is 3.38. The van der Waals surface area contributed by atoms with Gasteiger partial charge in [-0.15, -0.1) is 0 Å². The molecule has 0 spiro atoms. The topological polar surface area (TPSA) is 74.2 Å². The Labute approximate surface area is 152 Å². The summed E-state index contributed by atoms with van der Waals surface area (Å²) in [5.74, 6) is 1.99. The van der Waals surface area contributed by atoms with E-state index in [4.69, 9.17) is 4.42 Å². The fraction of sp³-hybridized carbons (Fsp3) is 0.400. The lowest BCUT2D eigenvalue weighted by molar-refractivity contribution is -0.126. The summed E-state index contributed by atoms with van der Waals surface area (Å²) in [6.45, 7) is 5.17. The minimum atomic E-state index is 0.0829.